The molecule has 1 aliphatic heterocycles. The first kappa shape index (κ1) is 11.3. The number of aliphatic hydroxyl groups excluding tert-OH is 3. The molecule has 5 heteroatoms. The van der Waals surface area contributed by atoms with Crippen LogP contribution in [0.5, 0.6) is 0 Å². The standard InChI is InChI=1S/C10H19NO4/c12-4-8-10(14)9(13)7(5-15-8)11-6-2-1-3-6/h6-14H,1-5H2/t7-,8+,9+,10-/m0/s1. The first-order valence-electron chi connectivity index (χ1n) is 5.57. The van der Waals surface area contributed by atoms with Gasteiger partial charge in [-0.25, -0.2) is 0 Å². The fourth-order valence-electron chi connectivity index (χ4n) is 2.07. The van der Waals surface area contributed by atoms with Gasteiger partial charge in [-0.3, -0.25) is 0 Å². The van der Waals surface area contributed by atoms with E-state index in [2.05, 4.69) is 5.32 Å². The van der Waals surface area contributed by atoms with Crippen molar-refractivity contribution in [3.63, 3.8) is 0 Å². The minimum atomic E-state index is -0.999. The van der Waals surface area contributed by atoms with E-state index in [4.69, 9.17) is 9.84 Å². The van der Waals surface area contributed by atoms with Crippen LogP contribution < -0.4 is 5.32 Å². The van der Waals surface area contributed by atoms with Crippen molar-refractivity contribution in [2.75, 3.05) is 13.2 Å². The molecule has 2 fully saturated rings. The Balaban J connectivity index is 1.85. The van der Waals surface area contributed by atoms with Crippen LogP contribution in [-0.2, 0) is 4.74 Å². The summed E-state index contributed by atoms with van der Waals surface area (Å²) >= 11 is 0. The van der Waals surface area contributed by atoms with Crippen molar-refractivity contribution in [1.82, 2.24) is 5.32 Å². The maximum Gasteiger partial charge on any atom is 0.110 e. The molecule has 88 valence electrons. The van der Waals surface area contributed by atoms with Gasteiger partial charge in [-0.2, -0.15) is 0 Å². The van der Waals surface area contributed by atoms with Crippen LogP contribution in [0.25, 0.3) is 0 Å². The Kier molecular flexibility index (Phi) is 3.58. The summed E-state index contributed by atoms with van der Waals surface area (Å²) in [5.74, 6) is 0. The predicted molar refractivity (Wildman–Crippen MR) is 53.4 cm³/mol. The quantitative estimate of drug-likeness (QED) is 0.468. The van der Waals surface area contributed by atoms with Gasteiger partial charge in [-0.05, 0) is 12.8 Å². The predicted octanol–water partition coefficient (Wildman–Crippen LogP) is -1.39. The molecule has 1 saturated heterocycles. The Bertz CT molecular complexity index is 210. The van der Waals surface area contributed by atoms with Gasteiger partial charge in [0.1, 0.15) is 18.3 Å². The highest BCUT2D eigenvalue weighted by Gasteiger charge is 2.39. The Hall–Kier alpha value is -0.200. The van der Waals surface area contributed by atoms with E-state index < -0.39 is 18.3 Å². The normalized spacial score (nSPS) is 42.6. The molecule has 5 nitrogen and oxygen atoms in total. The first-order chi connectivity index (χ1) is 7.22. The molecule has 0 radical (unpaired) electrons. The maximum absolute atomic E-state index is 9.80. The molecular formula is C10H19NO4. The molecule has 4 N–H and O–H groups in total. The molecule has 4 atom stereocenters. The van der Waals surface area contributed by atoms with E-state index in [9.17, 15) is 10.2 Å². The van der Waals surface area contributed by atoms with Crippen molar-refractivity contribution in [1.29, 1.82) is 0 Å². The molecule has 15 heavy (non-hydrogen) atoms. The van der Waals surface area contributed by atoms with Crippen LogP contribution in [0.2, 0.25) is 0 Å². The topological polar surface area (TPSA) is 82.0 Å². The summed E-state index contributed by atoms with van der Waals surface area (Å²) in [6.45, 7) is 0.0916. The van der Waals surface area contributed by atoms with Gasteiger partial charge in [0.15, 0.2) is 0 Å². The molecule has 2 rings (SSSR count). The van der Waals surface area contributed by atoms with Gasteiger partial charge in [0, 0.05) is 6.04 Å². The fourth-order valence-corrected chi connectivity index (χ4v) is 2.07. The molecule has 1 aliphatic carbocycles. The van der Waals surface area contributed by atoms with Crippen LogP contribution in [0.4, 0.5) is 0 Å². The van der Waals surface area contributed by atoms with Crippen LogP contribution in [0.1, 0.15) is 19.3 Å². The largest absolute Gasteiger partial charge is 0.394 e. The summed E-state index contributed by atoms with van der Waals surface area (Å²) in [6, 6.07) is 0.235. The monoisotopic (exact) mass is 217 g/mol. The second-order valence-corrected chi connectivity index (χ2v) is 4.44. The molecule has 0 unspecified atom stereocenters. The smallest absolute Gasteiger partial charge is 0.110 e. The number of nitrogens with one attached hydrogen (secondary N) is 1. The van der Waals surface area contributed by atoms with E-state index in [1.807, 2.05) is 0 Å². The van der Waals surface area contributed by atoms with Crippen molar-refractivity contribution in [3.8, 4) is 0 Å². The van der Waals surface area contributed by atoms with Crippen molar-refractivity contribution >= 4 is 0 Å². The Morgan fingerprint density at radius 3 is 2.47 bits per heavy atom. The molecule has 0 amide bonds. The highest BCUT2D eigenvalue weighted by molar-refractivity contribution is 4.93. The summed E-state index contributed by atoms with van der Waals surface area (Å²) in [4.78, 5) is 0. The molecule has 0 aromatic rings. The van der Waals surface area contributed by atoms with E-state index in [0.717, 1.165) is 12.8 Å². The zero-order valence-corrected chi connectivity index (χ0v) is 8.67. The number of aliphatic hydroxyl groups is 3. The first-order valence-corrected chi connectivity index (χ1v) is 5.57. The third-order valence-corrected chi connectivity index (χ3v) is 3.37. The van der Waals surface area contributed by atoms with Crippen molar-refractivity contribution in [2.45, 2.75) is 49.7 Å². The summed E-state index contributed by atoms with van der Waals surface area (Å²) in [7, 11) is 0. The van der Waals surface area contributed by atoms with Gasteiger partial charge in [0.25, 0.3) is 0 Å². The number of hydrogen-bond donors (Lipinski definition) is 4. The average Bonchev–Trinajstić information content (AvgIpc) is 2.18. The van der Waals surface area contributed by atoms with Crippen molar-refractivity contribution in [2.24, 2.45) is 0 Å². The van der Waals surface area contributed by atoms with Gasteiger partial charge in [-0.15, -0.1) is 0 Å². The highest BCUT2D eigenvalue weighted by atomic mass is 16.5. The van der Waals surface area contributed by atoms with Crippen molar-refractivity contribution < 1.29 is 20.1 Å². The second kappa shape index (κ2) is 4.76. The summed E-state index contributed by atoms with van der Waals surface area (Å²) in [5.41, 5.74) is 0. The molecule has 1 heterocycles. The summed E-state index contributed by atoms with van der Waals surface area (Å²) in [5, 5.41) is 31.6. The number of ether oxygens (including phenoxy) is 1. The van der Waals surface area contributed by atoms with Crippen LogP contribution >= 0.6 is 0 Å². The molecule has 1 saturated carbocycles. The van der Waals surface area contributed by atoms with Crippen molar-refractivity contribution in [3.05, 3.63) is 0 Å². The highest BCUT2D eigenvalue weighted by Crippen LogP contribution is 2.22. The molecule has 0 aromatic carbocycles. The molecule has 0 spiro atoms. The van der Waals surface area contributed by atoms with E-state index in [1.165, 1.54) is 6.42 Å². The van der Waals surface area contributed by atoms with Gasteiger partial charge in [-0.1, -0.05) is 6.42 Å². The zero-order valence-electron chi connectivity index (χ0n) is 8.67. The zero-order chi connectivity index (χ0) is 10.8. The van der Waals surface area contributed by atoms with Crippen LogP contribution in [0.15, 0.2) is 0 Å². The lowest BCUT2D eigenvalue weighted by molar-refractivity contribution is -0.163. The van der Waals surface area contributed by atoms with E-state index in [1.54, 1.807) is 0 Å². The third-order valence-electron chi connectivity index (χ3n) is 3.37. The van der Waals surface area contributed by atoms with Crippen LogP contribution in [0, 0.1) is 0 Å². The molecule has 2 aliphatic rings. The Morgan fingerprint density at radius 2 is 1.93 bits per heavy atom. The maximum atomic E-state index is 9.80. The second-order valence-electron chi connectivity index (χ2n) is 4.44. The minimum Gasteiger partial charge on any atom is -0.394 e. The SMILES string of the molecule is OC[C@H]1OC[C@H](NC2CCC2)[C@@H](O)[C@H]1O. The minimum absolute atomic E-state index is 0.215. The van der Waals surface area contributed by atoms with Crippen LogP contribution in [0.3, 0.4) is 0 Å². The van der Waals surface area contributed by atoms with E-state index in [0.29, 0.717) is 12.6 Å². The number of rotatable bonds is 3. The lowest BCUT2D eigenvalue weighted by Crippen LogP contribution is -2.61. The average molecular weight is 217 g/mol. The van der Waals surface area contributed by atoms with Crippen LogP contribution in [-0.4, -0.2) is 58.9 Å². The van der Waals surface area contributed by atoms with Gasteiger partial charge in [0.05, 0.1) is 19.3 Å². The molecule has 0 aromatic heterocycles. The van der Waals surface area contributed by atoms with E-state index >= 15 is 0 Å². The molecular weight excluding hydrogens is 198 g/mol. The number of hydrogen-bond acceptors (Lipinski definition) is 5. The summed E-state index contributed by atoms with van der Waals surface area (Å²) in [6.07, 6.45) is 0.978. The van der Waals surface area contributed by atoms with Gasteiger partial charge >= 0.3 is 0 Å². The lowest BCUT2D eigenvalue weighted by atomic mass is 9.90. The van der Waals surface area contributed by atoms with Gasteiger partial charge in [0.2, 0.25) is 0 Å². The Morgan fingerprint density at radius 1 is 1.20 bits per heavy atom. The Labute approximate surface area is 89.1 Å². The van der Waals surface area contributed by atoms with Gasteiger partial charge < -0.3 is 25.4 Å². The summed E-state index contributed by atoms with van der Waals surface area (Å²) < 4.78 is 5.27. The lowest BCUT2D eigenvalue weighted by Gasteiger charge is -2.40. The third kappa shape index (κ3) is 2.32. The molecule has 0 bridgehead atoms. The van der Waals surface area contributed by atoms with E-state index in [-0.39, 0.29) is 12.6 Å². The fraction of sp³-hybridized carbons (Fsp3) is 1.00.